The number of nitro groups is 1. The zero-order valence-electron chi connectivity index (χ0n) is 10.9. The second-order valence-corrected chi connectivity index (χ2v) is 4.47. The molecule has 1 unspecified atom stereocenters. The molecule has 1 atom stereocenters. The third-order valence-corrected chi connectivity index (χ3v) is 2.97. The highest BCUT2D eigenvalue weighted by Gasteiger charge is 2.15. The summed E-state index contributed by atoms with van der Waals surface area (Å²) in [4.78, 5) is 10.3. The van der Waals surface area contributed by atoms with Gasteiger partial charge in [0, 0.05) is 25.3 Å². The molecule has 0 aliphatic heterocycles. The molecule has 19 heavy (non-hydrogen) atoms. The van der Waals surface area contributed by atoms with E-state index in [0.717, 1.165) is 31.0 Å². The minimum Gasteiger partial charge on any atom is -0.396 e. The van der Waals surface area contributed by atoms with Gasteiger partial charge in [0.2, 0.25) is 0 Å². The van der Waals surface area contributed by atoms with E-state index >= 15 is 0 Å². The summed E-state index contributed by atoms with van der Waals surface area (Å²) in [5.74, 6) is -0.292. The van der Waals surface area contributed by atoms with E-state index in [-0.39, 0.29) is 23.9 Å². The van der Waals surface area contributed by atoms with Crippen molar-refractivity contribution in [1.82, 2.24) is 0 Å². The summed E-state index contributed by atoms with van der Waals surface area (Å²) in [5, 5.41) is 22.7. The zero-order valence-corrected chi connectivity index (χ0v) is 10.9. The predicted molar refractivity (Wildman–Crippen MR) is 71.6 cm³/mol. The van der Waals surface area contributed by atoms with Crippen molar-refractivity contribution in [2.45, 2.75) is 26.2 Å². The standard InChI is InChI=1S/C13H19FN2O3/c1-2-3-10(6-7-17)9-15-12-8-11(14)4-5-13(12)16(18)19/h4-5,8,10,15,17H,2-3,6-7,9H2,1H3. The number of rotatable bonds is 8. The molecule has 0 aromatic heterocycles. The molecule has 6 heteroatoms. The van der Waals surface area contributed by atoms with Crippen LogP contribution in [0.15, 0.2) is 18.2 Å². The van der Waals surface area contributed by atoms with Gasteiger partial charge in [-0.25, -0.2) is 4.39 Å². The van der Waals surface area contributed by atoms with Crippen molar-refractivity contribution in [3.63, 3.8) is 0 Å². The molecule has 0 amide bonds. The van der Waals surface area contributed by atoms with E-state index < -0.39 is 10.7 Å². The molecule has 0 aliphatic rings. The average Bonchev–Trinajstić information content (AvgIpc) is 2.36. The first-order valence-corrected chi connectivity index (χ1v) is 6.37. The smallest absolute Gasteiger partial charge is 0.292 e. The molecule has 0 saturated heterocycles. The van der Waals surface area contributed by atoms with E-state index in [1.54, 1.807) is 0 Å². The zero-order chi connectivity index (χ0) is 14.3. The summed E-state index contributed by atoms with van der Waals surface area (Å²) in [6.45, 7) is 2.60. The van der Waals surface area contributed by atoms with Gasteiger partial charge >= 0.3 is 0 Å². The van der Waals surface area contributed by atoms with Gasteiger partial charge in [-0.3, -0.25) is 10.1 Å². The number of nitro benzene ring substituents is 1. The van der Waals surface area contributed by atoms with E-state index in [0.29, 0.717) is 13.0 Å². The van der Waals surface area contributed by atoms with E-state index in [1.165, 1.54) is 0 Å². The van der Waals surface area contributed by atoms with Gasteiger partial charge in [-0.2, -0.15) is 0 Å². The van der Waals surface area contributed by atoms with Gasteiger partial charge < -0.3 is 10.4 Å². The van der Waals surface area contributed by atoms with Crippen molar-refractivity contribution in [2.75, 3.05) is 18.5 Å². The van der Waals surface area contributed by atoms with Crippen LogP contribution in [0.4, 0.5) is 15.8 Å². The largest absolute Gasteiger partial charge is 0.396 e. The van der Waals surface area contributed by atoms with Crippen LogP contribution in [0.3, 0.4) is 0 Å². The van der Waals surface area contributed by atoms with Gasteiger partial charge in [0.15, 0.2) is 0 Å². The van der Waals surface area contributed by atoms with Gasteiger partial charge in [-0.15, -0.1) is 0 Å². The lowest BCUT2D eigenvalue weighted by Crippen LogP contribution is -2.16. The van der Waals surface area contributed by atoms with Gasteiger partial charge in [0.25, 0.3) is 5.69 Å². The van der Waals surface area contributed by atoms with Crippen LogP contribution in [0.2, 0.25) is 0 Å². The second-order valence-electron chi connectivity index (χ2n) is 4.47. The number of hydrogen-bond acceptors (Lipinski definition) is 4. The Labute approximate surface area is 111 Å². The Kier molecular flexibility index (Phi) is 6.21. The number of nitrogens with zero attached hydrogens (tertiary/aromatic N) is 1. The summed E-state index contributed by atoms with van der Waals surface area (Å²) in [6, 6.07) is 3.35. The van der Waals surface area contributed by atoms with Crippen LogP contribution in [0, 0.1) is 21.8 Å². The SMILES string of the molecule is CCCC(CCO)CNc1cc(F)ccc1[N+](=O)[O-]. The maximum Gasteiger partial charge on any atom is 0.292 e. The molecule has 5 nitrogen and oxygen atoms in total. The van der Waals surface area contributed by atoms with Crippen LogP contribution >= 0.6 is 0 Å². The minimum atomic E-state index is -0.539. The average molecular weight is 270 g/mol. The van der Waals surface area contributed by atoms with Crippen LogP contribution in [0.1, 0.15) is 26.2 Å². The van der Waals surface area contributed by atoms with Crippen LogP contribution in [-0.4, -0.2) is 23.2 Å². The third kappa shape index (κ3) is 4.82. The summed E-state index contributed by atoms with van der Waals surface area (Å²) < 4.78 is 13.1. The maximum atomic E-state index is 13.1. The van der Waals surface area contributed by atoms with Crippen LogP contribution in [-0.2, 0) is 0 Å². The lowest BCUT2D eigenvalue weighted by atomic mass is 10.00. The number of nitrogens with one attached hydrogen (secondary N) is 1. The fourth-order valence-corrected chi connectivity index (χ4v) is 2.00. The van der Waals surface area contributed by atoms with Crippen molar-refractivity contribution in [3.8, 4) is 0 Å². The molecule has 0 spiro atoms. The summed E-state index contributed by atoms with van der Waals surface area (Å²) in [7, 11) is 0. The number of anilines is 1. The molecule has 0 heterocycles. The van der Waals surface area contributed by atoms with Crippen molar-refractivity contribution in [3.05, 3.63) is 34.1 Å². The topological polar surface area (TPSA) is 75.4 Å². The number of aliphatic hydroxyl groups excluding tert-OH is 1. The van der Waals surface area contributed by atoms with E-state index in [2.05, 4.69) is 5.32 Å². The summed E-state index contributed by atoms with van der Waals surface area (Å²) >= 11 is 0. The highest BCUT2D eigenvalue weighted by Crippen LogP contribution is 2.25. The van der Waals surface area contributed by atoms with E-state index in [9.17, 15) is 14.5 Å². The Morgan fingerprint density at radius 3 is 2.79 bits per heavy atom. The Bertz CT molecular complexity index is 420. The van der Waals surface area contributed by atoms with Crippen molar-refractivity contribution in [1.29, 1.82) is 0 Å². The Morgan fingerprint density at radius 2 is 2.21 bits per heavy atom. The monoisotopic (exact) mass is 270 g/mol. The van der Waals surface area contributed by atoms with Gasteiger partial charge in [-0.1, -0.05) is 13.3 Å². The Hall–Kier alpha value is -1.69. The normalized spacial score (nSPS) is 12.2. The first-order chi connectivity index (χ1) is 9.08. The minimum absolute atomic E-state index is 0.0809. The van der Waals surface area contributed by atoms with Crippen molar-refractivity contribution >= 4 is 11.4 Å². The molecule has 0 aliphatic carbocycles. The third-order valence-electron chi connectivity index (χ3n) is 2.97. The van der Waals surface area contributed by atoms with Gasteiger partial charge in [0.05, 0.1) is 4.92 Å². The van der Waals surface area contributed by atoms with Crippen LogP contribution in [0.25, 0.3) is 0 Å². The molecular formula is C13H19FN2O3. The molecule has 0 fully saturated rings. The van der Waals surface area contributed by atoms with Crippen molar-refractivity contribution in [2.24, 2.45) is 5.92 Å². The molecule has 2 N–H and O–H groups in total. The number of hydrogen-bond donors (Lipinski definition) is 2. The summed E-state index contributed by atoms with van der Waals surface area (Å²) in [6.07, 6.45) is 2.51. The number of benzene rings is 1. The maximum absolute atomic E-state index is 13.1. The first kappa shape index (κ1) is 15.4. The quantitative estimate of drug-likeness (QED) is 0.562. The summed E-state index contributed by atoms with van der Waals surface area (Å²) in [5.41, 5.74) is 0.0460. The molecular weight excluding hydrogens is 251 g/mol. The molecule has 106 valence electrons. The molecule has 1 rings (SSSR count). The highest BCUT2D eigenvalue weighted by atomic mass is 19.1. The van der Waals surface area contributed by atoms with Gasteiger partial charge in [-0.05, 0) is 24.8 Å². The predicted octanol–water partition coefficient (Wildman–Crippen LogP) is 2.94. The molecule has 1 aromatic carbocycles. The van der Waals surface area contributed by atoms with Crippen LogP contribution < -0.4 is 5.32 Å². The molecule has 0 radical (unpaired) electrons. The lowest BCUT2D eigenvalue weighted by Gasteiger charge is -2.16. The molecule has 0 bridgehead atoms. The molecule has 0 saturated carbocycles. The number of halogens is 1. The van der Waals surface area contributed by atoms with Crippen LogP contribution in [0.5, 0.6) is 0 Å². The first-order valence-electron chi connectivity index (χ1n) is 6.37. The fraction of sp³-hybridized carbons (Fsp3) is 0.538. The highest BCUT2D eigenvalue weighted by molar-refractivity contribution is 5.61. The second kappa shape index (κ2) is 7.68. The Morgan fingerprint density at radius 1 is 1.47 bits per heavy atom. The number of aliphatic hydroxyl groups is 1. The molecule has 1 aromatic rings. The van der Waals surface area contributed by atoms with Crippen molar-refractivity contribution < 1.29 is 14.4 Å². The van der Waals surface area contributed by atoms with Gasteiger partial charge in [0.1, 0.15) is 11.5 Å². The Balaban J connectivity index is 2.74. The van der Waals surface area contributed by atoms with E-state index in [4.69, 9.17) is 5.11 Å². The van der Waals surface area contributed by atoms with E-state index in [1.807, 2.05) is 6.92 Å². The fourth-order valence-electron chi connectivity index (χ4n) is 2.00. The lowest BCUT2D eigenvalue weighted by molar-refractivity contribution is -0.384.